The number of aryl methyl sites for hydroxylation is 1. The Kier molecular flexibility index (Phi) is 11.3. The molecular weight excluding hydrogens is 609 g/mol. The number of aromatic nitrogens is 2. The zero-order chi connectivity index (χ0) is 33.5. The first-order chi connectivity index (χ1) is 22.6. The number of nitrogens with zero attached hydrogens (tertiary/aromatic N) is 5. The van der Waals surface area contributed by atoms with Crippen molar-refractivity contribution in [3.8, 4) is 0 Å². The van der Waals surface area contributed by atoms with Gasteiger partial charge in [-0.1, -0.05) is 44.2 Å². The Bertz CT molecular complexity index is 1650. The molecule has 5 rings (SSSR count). The van der Waals surface area contributed by atoms with Crippen LogP contribution in [-0.2, 0) is 13.0 Å². The molecule has 1 aliphatic heterocycles. The van der Waals surface area contributed by atoms with Gasteiger partial charge in [-0.25, -0.2) is 4.98 Å². The molecule has 0 spiro atoms. The van der Waals surface area contributed by atoms with Gasteiger partial charge in [0.05, 0.1) is 30.6 Å². The Morgan fingerprint density at radius 1 is 1.02 bits per heavy atom. The number of hydrogen-bond acceptors (Lipinski definition) is 8. The van der Waals surface area contributed by atoms with Crippen molar-refractivity contribution >= 4 is 34.5 Å². The number of hydrogen-bond donors (Lipinski definition) is 2. The van der Waals surface area contributed by atoms with Gasteiger partial charge in [-0.3, -0.25) is 14.6 Å². The highest BCUT2D eigenvalue weighted by Crippen LogP contribution is 2.26. The lowest BCUT2D eigenvalue weighted by molar-refractivity contribution is 0.0785. The SMILES string of the molecule is Cc1csc(CN(C)C(=O)c2cc(C(=O)N[C@@H](Cc3ccccc3)[C@H](O)CN(C)c3cncc(C(C)C)c3)cc(N3CCCC3)c2)n1. The highest BCUT2D eigenvalue weighted by atomic mass is 32.1. The van der Waals surface area contributed by atoms with E-state index < -0.39 is 12.1 Å². The van der Waals surface area contributed by atoms with E-state index >= 15 is 0 Å². The van der Waals surface area contributed by atoms with Crippen LogP contribution in [0, 0.1) is 6.92 Å². The van der Waals surface area contributed by atoms with E-state index in [2.05, 4.69) is 40.1 Å². The van der Waals surface area contributed by atoms with Crippen LogP contribution in [0.1, 0.15) is 75.2 Å². The van der Waals surface area contributed by atoms with Crippen molar-refractivity contribution < 1.29 is 14.7 Å². The summed E-state index contributed by atoms with van der Waals surface area (Å²) in [6.45, 7) is 8.62. The summed E-state index contributed by atoms with van der Waals surface area (Å²) in [4.78, 5) is 42.5. The van der Waals surface area contributed by atoms with Crippen molar-refractivity contribution in [3.05, 3.63) is 105 Å². The molecule has 0 aliphatic carbocycles. The van der Waals surface area contributed by atoms with Gasteiger partial charge < -0.3 is 25.1 Å². The number of carbonyl (C=O) groups is 2. The summed E-state index contributed by atoms with van der Waals surface area (Å²) >= 11 is 1.53. The number of aliphatic hydroxyl groups is 1. The molecule has 4 aromatic rings. The molecule has 2 amide bonds. The van der Waals surface area contributed by atoms with E-state index in [0.29, 0.717) is 36.6 Å². The topological polar surface area (TPSA) is 102 Å². The summed E-state index contributed by atoms with van der Waals surface area (Å²) < 4.78 is 0. The summed E-state index contributed by atoms with van der Waals surface area (Å²) in [6, 6.07) is 16.8. The highest BCUT2D eigenvalue weighted by molar-refractivity contribution is 7.09. The summed E-state index contributed by atoms with van der Waals surface area (Å²) in [7, 11) is 3.68. The molecule has 1 aliphatic rings. The van der Waals surface area contributed by atoms with E-state index in [1.807, 2.05) is 72.9 Å². The van der Waals surface area contributed by atoms with Gasteiger partial charge in [-0.15, -0.1) is 11.3 Å². The first-order valence-electron chi connectivity index (χ1n) is 16.3. The molecule has 10 heteroatoms. The number of carbonyl (C=O) groups excluding carboxylic acids is 2. The summed E-state index contributed by atoms with van der Waals surface area (Å²) in [6.07, 6.45) is 5.35. The Balaban J connectivity index is 1.39. The quantitative estimate of drug-likeness (QED) is 0.191. The molecule has 1 fully saturated rings. The fraction of sp³-hybridized carbons (Fsp3) is 0.405. The van der Waals surface area contributed by atoms with Gasteiger partial charge in [-0.05, 0) is 67.5 Å². The molecule has 3 heterocycles. The van der Waals surface area contributed by atoms with Crippen molar-refractivity contribution in [2.75, 3.05) is 43.5 Å². The van der Waals surface area contributed by atoms with Crippen LogP contribution in [0.5, 0.6) is 0 Å². The normalized spacial score (nSPS) is 14.2. The molecular formula is C37H46N6O3S. The zero-order valence-corrected chi connectivity index (χ0v) is 28.8. The van der Waals surface area contributed by atoms with Crippen molar-refractivity contribution in [3.63, 3.8) is 0 Å². The van der Waals surface area contributed by atoms with Crippen molar-refractivity contribution in [1.82, 2.24) is 20.2 Å². The molecule has 2 aromatic heterocycles. The van der Waals surface area contributed by atoms with Crippen LogP contribution in [0.25, 0.3) is 0 Å². The molecule has 248 valence electrons. The second-order valence-corrected chi connectivity index (χ2v) is 13.8. The predicted molar refractivity (Wildman–Crippen MR) is 190 cm³/mol. The Hall–Kier alpha value is -4.28. The number of aliphatic hydroxyl groups excluding tert-OH is 1. The van der Waals surface area contributed by atoms with E-state index in [-0.39, 0.29) is 11.8 Å². The van der Waals surface area contributed by atoms with Gasteiger partial charge in [0.15, 0.2) is 0 Å². The maximum Gasteiger partial charge on any atom is 0.254 e. The summed E-state index contributed by atoms with van der Waals surface area (Å²) in [5.41, 5.74) is 5.65. The highest BCUT2D eigenvalue weighted by Gasteiger charge is 2.26. The lowest BCUT2D eigenvalue weighted by Crippen LogP contribution is -2.49. The minimum atomic E-state index is -0.886. The number of anilines is 2. The average molecular weight is 655 g/mol. The van der Waals surface area contributed by atoms with Gasteiger partial charge in [0.1, 0.15) is 5.01 Å². The van der Waals surface area contributed by atoms with Crippen LogP contribution in [0.4, 0.5) is 11.4 Å². The minimum absolute atomic E-state index is 0.173. The first kappa shape index (κ1) is 34.1. The summed E-state index contributed by atoms with van der Waals surface area (Å²) in [5, 5.41) is 17.6. The third kappa shape index (κ3) is 8.96. The number of likely N-dealkylation sites (N-methyl/N-ethyl adjacent to an activating group) is 1. The molecule has 47 heavy (non-hydrogen) atoms. The smallest absolute Gasteiger partial charge is 0.254 e. The van der Waals surface area contributed by atoms with Crippen LogP contribution in [-0.4, -0.2) is 77.7 Å². The summed E-state index contributed by atoms with van der Waals surface area (Å²) in [5.74, 6) is -0.174. The standard InChI is InChI=1S/C37H46N6O3S/c1-25(2)30-19-32(21-38-20-30)41(4)22-34(44)33(15-27-11-7-6-8-12-27)40-36(45)28-16-29(18-31(17-28)43-13-9-10-14-43)37(46)42(5)23-35-39-26(3)24-47-35/h6-8,11-12,16-21,24-25,33-34,44H,9-10,13-15,22-23H2,1-5H3,(H,40,45)/t33-,34+/m0/s1. The van der Waals surface area contributed by atoms with Crippen molar-refractivity contribution in [2.45, 2.75) is 64.6 Å². The van der Waals surface area contributed by atoms with Gasteiger partial charge in [0.2, 0.25) is 0 Å². The lowest BCUT2D eigenvalue weighted by atomic mass is 9.99. The third-order valence-corrected chi connectivity index (χ3v) is 9.63. The second kappa shape index (κ2) is 15.5. The van der Waals surface area contributed by atoms with Crippen LogP contribution in [0.3, 0.4) is 0 Å². The number of amides is 2. The molecule has 2 N–H and O–H groups in total. The van der Waals surface area contributed by atoms with E-state index in [1.54, 1.807) is 24.2 Å². The Morgan fingerprint density at radius 2 is 1.74 bits per heavy atom. The first-order valence-corrected chi connectivity index (χ1v) is 17.2. The number of rotatable bonds is 13. The van der Waals surface area contributed by atoms with Gasteiger partial charge in [0.25, 0.3) is 11.8 Å². The molecule has 9 nitrogen and oxygen atoms in total. The van der Waals surface area contributed by atoms with E-state index in [1.165, 1.54) is 11.3 Å². The van der Waals surface area contributed by atoms with Crippen LogP contribution < -0.4 is 15.1 Å². The Labute approximate surface area is 282 Å². The van der Waals surface area contributed by atoms with Gasteiger partial charge in [-0.2, -0.15) is 0 Å². The fourth-order valence-electron chi connectivity index (χ4n) is 5.88. The van der Waals surface area contributed by atoms with Gasteiger partial charge >= 0.3 is 0 Å². The second-order valence-electron chi connectivity index (χ2n) is 12.9. The van der Waals surface area contributed by atoms with Crippen LogP contribution in [0.15, 0.2) is 72.4 Å². The fourth-order valence-corrected chi connectivity index (χ4v) is 6.70. The molecule has 0 radical (unpaired) electrons. The number of thiazole rings is 1. The minimum Gasteiger partial charge on any atom is -0.389 e. The Morgan fingerprint density at radius 3 is 2.43 bits per heavy atom. The van der Waals surface area contributed by atoms with E-state index in [0.717, 1.165) is 59.1 Å². The molecule has 1 saturated heterocycles. The van der Waals surface area contributed by atoms with Crippen LogP contribution >= 0.6 is 11.3 Å². The third-order valence-electron chi connectivity index (χ3n) is 8.68. The lowest BCUT2D eigenvalue weighted by Gasteiger charge is -2.29. The molecule has 0 unspecified atom stereocenters. The zero-order valence-electron chi connectivity index (χ0n) is 28.0. The monoisotopic (exact) mass is 654 g/mol. The van der Waals surface area contributed by atoms with Crippen LogP contribution in [0.2, 0.25) is 0 Å². The maximum atomic E-state index is 14.0. The number of pyridine rings is 1. The van der Waals surface area contributed by atoms with E-state index in [4.69, 9.17) is 0 Å². The molecule has 2 aromatic carbocycles. The van der Waals surface area contributed by atoms with Crippen molar-refractivity contribution in [1.29, 1.82) is 0 Å². The van der Waals surface area contributed by atoms with Crippen molar-refractivity contribution in [2.24, 2.45) is 0 Å². The van der Waals surface area contributed by atoms with E-state index in [9.17, 15) is 14.7 Å². The average Bonchev–Trinajstić information content (AvgIpc) is 3.76. The molecule has 0 saturated carbocycles. The molecule has 2 atom stereocenters. The number of benzene rings is 2. The number of nitrogens with one attached hydrogen (secondary N) is 1. The molecule has 0 bridgehead atoms. The maximum absolute atomic E-state index is 14.0. The largest absolute Gasteiger partial charge is 0.389 e. The van der Waals surface area contributed by atoms with Gasteiger partial charge in [0, 0.05) is 67.8 Å². The predicted octanol–water partition coefficient (Wildman–Crippen LogP) is 5.68.